The largest absolute Gasteiger partial charge is 0.323 e. The van der Waals surface area contributed by atoms with Crippen LogP contribution in [0.5, 0.6) is 0 Å². The Balaban J connectivity index is 1.67. The first-order valence-electron chi connectivity index (χ1n) is 7.24. The lowest BCUT2D eigenvalue weighted by atomic mass is 10.1. The zero-order chi connectivity index (χ0) is 14.5. The van der Waals surface area contributed by atoms with Gasteiger partial charge in [-0.3, -0.25) is 4.57 Å². The van der Waals surface area contributed by atoms with Gasteiger partial charge in [0, 0.05) is 6.16 Å². The minimum absolute atomic E-state index is 0.00334. The molecule has 1 aliphatic rings. The van der Waals surface area contributed by atoms with Crippen LogP contribution >= 0.6 is 7.37 Å². The number of rotatable bonds is 5. The first-order valence-corrected chi connectivity index (χ1v) is 9.12. The van der Waals surface area contributed by atoms with Crippen molar-refractivity contribution >= 4 is 7.37 Å². The molecule has 2 aromatic carbocycles. The Hall–Kier alpha value is -1.63. The maximum Gasteiger partial charge on any atom is 0.214 e. The summed E-state index contributed by atoms with van der Waals surface area (Å²) in [6, 6.07) is 20.1. The van der Waals surface area contributed by atoms with Crippen molar-refractivity contribution in [2.75, 3.05) is 6.16 Å². The molecular formula is C18H19O2P. The van der Waals surface area contributed by atoms with Gasteiger partial charge < -0.3 is 4.52 Å². The van der Waals surface area contributed by atoms with Gasteiger partial charge in [-0.15, -0.1) is 0 Å². The zero-order valence-corrected chi connectivity index (χ0v) is 12.8. The smallest absolute Gasteiger partial charge is 0.214 e. The molecule has 21 heavy (non-hydrogen) atoms. The van der Waals surface area contributed by atoms with Crippen LogP contribution in [0, 0.1) is 0 Å². The van der Waals surface area contributed by atoms with Gasteiger partial charge in [0.25, 0.3) is 0 Å². The fourth-order valence-corrected chi connectivity index (χ4v) is 4.82. The molecule has 1 heterocycles. The van der Waals surface area contributed by atoms with Crippen molar-refractivity contribution in [1.29, 1.82) is 0 Å². The van der Waals surface area contributed by atoms with E-state index in [1.54, 1.807) is 0 Å². The molecule has 2 unspecified atom stereocenters. The lowest BCUT2D eigenvalue weighted by Crippen LogP contribution is -2.09. The predicted octanol–water partition coefficient (Wildman–Crippen LogP) is 4.66. The Kier molecular flexibility index (Phi) is 4.38. The van der Waals surface area contributed by atoms with Crippen molar-refractivity contribution in [2.24, 2.45) is 0 Å². The highest BCUT2D eigenvalue weighted by Crippen LogP contribution is 2.57. The topological polar surface area (TPSA) is 26.3 Å². The number of allylic oxidation sites excluding steroid dienone is 2. The monoisotopic (exact) mass is 298 g/mol. The van der Waals surface area contributed by atoms with Crippen molar-refractivity contribution in [3.05, 3.63) is 83.9 Å². The quantitative estimate of drug-likeness (QED) is 0.592. The predicted molar refractivity (Wildman–Crippen MR) is 86.8 cm³/mol. The third-order valence-corrected chi connectivity index (χ3v) is 6.45. The number of hydrogen-bond donors (Lipinski definition) is 0. The third-order valence-electron chi connectivity index (χ3n) is 3.80. The molecule has 3 heteroatoms. The van der Waals surface area contributed by atoms with Gasteiger partial charge >= 0.3 is 0 Å². The molecule has 108 valence electrons. The van der Waals surface area contributed by atoms with E-state index in [2.05, 4.69) is 18.2 Å². The second-order valence-electron chi connectivity index (χ2n) is 5.35. The lowest BCUT2D eigenvalue weighted by Gasteiger charge is -2.21. The minimum atomic E-state index is -2.62. The van der Waals surface area contributed by atoms with Crippen LogP contribution in [0.1, 0.15) is 11.1 Å². The molecule has 0 fully saturated rings. The van der Waals surface area contributed by atoms with Crippen LogP contribution < -0.4 is 0 Å². The van der Waals surface area contributed by atoms with Gasteiger partial charge in [-0.1, -0.05) is 72.8 Å². The standard InChI is InChI=1S/C18H19O2P/c19-21(20-15-17-10-5-2-6-11-17)13-7-12-18(21)14-16-8-3-1-4-9-16/h1-12,18H,13-15H2. The highest BCUT2D eigenvalue weighted by Gasteiger charge is 2.35. The Labute approximate surface area is 125 Å². The van der Waals surface area contributed by atoms with Gasteiger partial charge in [0.15, 0.2) is 0 Å². The highest BCUT2D eigenvalue weighted by molar-refractivity contribution is 7.60. The molecule has 0 amide bonds. The molecule has 0 saturated carbocycles. The molecule has 0 saturated heterocycles. The Morgan fingerprint density at radius 1 is 0.952 bits per heavy atom. The van der Waals surface area contributed by atoms with Crippen LogP contribution in [-0.2, 0) is 22.1 Å². The van der Waals surface area contributed by atoms with E-state index in [0.29, 0.717) is 12.8 Å². The van der Waals surface area contributed by atoms with Crippen molar-refractivity contribution in [1.82, 2.24) is 0 Å². The average Bonchev–Trinajstić information content (AvgIpc) is 2.89. The van der Waals surface area contributed by atoms with Crippen molar-refractivity contribution in [3.8, 4) is 0 Å². The summed E-state index contributed by atoms with van der Waals surface area (Å²) >= 11 is 0. The summed E-state index contributed by atoms with van der Waals surface area (Å²) in [6.07, 6.45) is 5.39. The summed E-state index contributed by atoms with van der Waals surface area (Å²) in [4.78, 5) is 0. The van der Waals surface area contributed by atoms with Crippen LogP contribution in [0.25, 0.3) is 0 Å². The van der Waals surface area contributed by atoms with E-state index in [9.17, 15) is 4.57 Å². The summed E-state index contributed by atoms with van der Waals surface area (Å²) in [5.74, 6) is 0. The van der Waals surface area contributed by atoms with Gasteiger partial charge in [-0.05, 0) is 17.5 Å². The van der Waals surface area contributed by atoms with E-state index in [1.807, 2.05) is 54.6 Å². The highest BCUT2D eigenvalue weighted by atomic mass is 31.2. The SMILES string of the molecule is O=P1(OCc2ccccc2)CC=CC1Cc1ccccc1. The van der Waals surface area contributed by atoms with Gasteiger partial charge in [-0.2, -0.15) is 0 Å². The van der Waals surface area contributed by atoms with Gasteiger partial charge in [0.05, 0.1) is 12.3 Å². The summed E-state index contributed by atoms with van der Waals surface area (Å²) in [6.45, 7) is 0.422. The molecule has 3 rings (SSSR count). The third kappa shape index (κ3) is 3.53. The van der Waals surface area contributed by atoms with Crippen LogP contribution in [0.15, 0.2) is 72.8 Å². The first kappa shape index (κ1) is 14.3. The van der Waals surface area contributed by atoms with Crippen LogP contribution in [0.4, 0.5) is 0 Å². The Morgan fingerprint density at radius 3 is 2.24 bits per heavy atom. The fraction of sp³-hybridized carbons (Fsp3) is 0.222. The van der Waals surface area contributed by atoms with Crippen LogP contribution in [0.2, 0.25) is 0 Å². The Bertz CT molecular complexity index is 649. The first-order chi connectivity index (χ1) is 10.3. The second kappa shape index (κ2) is 6.43. The summed E-state index contributed by atoms with van der Waals surface area (Å²) in [7, 11) is -2.62. The molecule has 0 radical (unpaired) electrons. The van der Waals surface area contributed by atoms with E-state index >= 15 is 0 Å². The van der Waals surface area contributed by atoms with E-state index in [4.69, 9.17) is 4.52 Å². The van der Waals surface area contributed by atoms with Crippen molar-refractivity contribution < 1.29 is 9.09 Å². The maximum atomic E-state index is 13.0. The second-order valence-corrected chi connectivity index (χ2v) is 8.09. The lowest BCUT2D eigenvalue weighted by molar-refractivity contribution is 0.302. The summed E-state index contributed by atoms with van der Waals surface area (Å²) in [5.41, 5.74) is 2.28. The maximum absolute atomic E-state index is 13.0. The van der Waals surface area contributed by atoms with E-state index in [0.717, 1.165) is 12.0 Å². The normalized spacial score (nSPS) is 24.3. The molecule has 1 aliphatic heterocycles. The van der Waals surface area contributed by atoms with E-state index in [1.165, 1.54) is 5.56 Å². The number of benzene rings is 2. The van der Waals surface area contributed by atoms with Crippen molar-refractivity contribution in [2.45, 2.75) is 18.7 Å². The minimum Gasteiger partial charge on any atom is -0.323 e. The summed E-state index contributed by atoms with van der Waals surface area (Å²) in [5, 5.41) is 0. The van der Waals surface area contributed by atoms with Crippen LogP contribution in [-0.4, -0.2) is 11.8 Å². The molecule has 0 bridgehead atoms. The number of hydrogen-bond acceptors (Lipinski definition) is 2. The molecule has 2 atom stereocenters. The molecule has 2 nitrogen and oxygen atoms in total. The molecular weight excluding hydrogens is 279 g/mol. The van der Waals surface area contributed by atoms with E-state index in [-0.39, 0.29) is 5.66 Å². The van der Waals surface area contributed by atoms with E-state index < -0.39 is 7.37 Å². The molecule has 2 aromatic rings. The van der Waals surface area contributed by atoms with Crippen LogP contribution in [0.3, 0.4) is 0 Å². The Morgan fingerprint density at radius 2 is 1.57 bits per heavy atom. The molecule has 0 aliphatic carbocycles. The molecule has 0 N–H and O–H groups in total. The van der Waals surface area contributed by atoms with Crippen molar-refractivity contribution in [3.63, 3.8) is 0 Å². The summed E-state index contributed by atoms with van der Waals surface area (Å²) < 4.78 is 18.9. The van der Waals surface area contributed by atoms with Gasteiger partial charge in [0.2, 0.25) is 7.37 Å². The zero-order valence-electron chi connectivity index (χ0n) is 11.9. The fourth-order valence-electron chi connectivity index (χ4n) is 2.60. The molecule has 0 spiro atoms. The van der Waals surface area contributed by atoms with Gasteiger partial charge in [0.1, 0.15) is 0 Å². The average molecular weight is 298 g/mol. The van der Waals surface area contributed by atoms with Gasteiger partial charge in [-0.25, -0.2) is 0 Å². The molecule has 0 aromatic heterocycles.